The van der Waals surface area contributed by atoms with E-state index < -0.39 is 12.4 Å². The molecule has 0 unspecified atom stereocenters. The fourth-order valence-corrected chi connectivity index (χ4v) is 1.52. The molecule has 2 N–H and O–H groups in total. The summed E-state index contributed by atoms with van der Waals surface area (Å²) < 4.78 is 37.3. The van der Waals surface area contributed by atoms with Gasteiger partial charge in [-0.1, -0.05) is 15.9 Å². The zero-order valence-electron chi connectivity index (χ0n) is 6.40. The number of nitrogens with zero attached hydrogens (tertiary/aromatic N) is 1. The van der Waals surface area contributed by atoms with Gasteiger partial charge in [-0.2, -0.15) is 4.39 Å². The number of halogens is 4. The highest BCUT2D eigenvalue weighted by atomic mass is 79.9. The average molecular weight is 255 g/mol. The molecule has 1 aromatic heterocycles. The third-order valence-corrected chi connectivity index (χ3v) is 2.14. The highest BCUT2D eigenvalue weighted by Gasteiger charge is 2.17. The molecule has 0 radical (unpaired) electrons. The van der Waals surface area contributed by atoms with E-state index in [0.717, 1.165) is 6.20 Å². The maximum absolute atomic E-state index is 12.7. The number of alkyl halides is 3. The van der Waals surface area contributed by atoms with Crippen molar-refractivity contribution in [3.8, 4) is 0 Å². The predicted octanol–water partition coefficient (Wildman–Crippen LogP) is 2.64. The summed E-state index contributed by atoms with van der Waals surface area (Å²) in [5.74, 6) is -0.918. The largest absolute Gasteiger partial charge is 0.395 e. The molecule has 0 aromatic carbocycles. The third kappa shape index (κ3) is 1.93. The van der Waals surface area contributed by atoms with Gasteiger partial charge in [-0.15, -0.1) is 0 Å². The van der Waals surface area contributed by atoms with Gasteiger partial charge in [-0.05, 0) is 0 Å². The molecule has 1 aromatic rings. The first-order valence-corrected chi connectivity index (χ1v) is 4.47. The molecular formula is C7H6BrF3N2. The van der Waals surface area contributed by atoms with Crippen LogP contribution in [-0.2, 0) is 5.33 Å². The van der Waals surface area contributed by atoms with Crippen LogP contribution in [-0.4, -0.2) is 4.98 Å². The zero-order chi connectivity index (χ0) is 10.0. The minimum Gasteiger partial charge on any atom is -0.395 e. The smallest absolute Gasteiger partial charge is 0.265 e. The molecule has 1 rings (SSSR count). The Bertz CT molecular complexity index is 317. The predicted molar refractivity (Wildman–Crippen MR) is 46.2 cm³/mol. The van der Waals surface area contributed by atoms with Crippen LogP contribution in [0, 0.1) is 5.95 Å². The summed E-state index contributed by atoms with van der Waals surface area (Å²) in [6.45, 7) is 0. The maximum Gasteiger partial charge on any atom is 0.265 e. The summed E-state index contributed by atoms with van der Waals surface area (Å²) in [7, 11) is 0. The van der Waals surface area contributed by atoms with Crippen LogP contribution >= 0.6 is 15.9 Å². The highest BCUT2D eigenvalue weighted by molar-refractivity contribution is 9.08. The van der Waals surface area contributed by atoms with Crippen molar-refractivity contribution in [1.82, 2.24) is 4.98 Å². The average Bonchev–Trinajstić information content (AvgIpc) is 2.09. The number of aromatic nitrogens is 1. The van der Waals surface area contributed by atoms with E-state index in [1.807, 2.05) is 0 Å². The first-order chi connectivity index (χ1) is 6.07. The quantitative estimate of drug-likeness (QED) is 0.651. The number of hydrogen-bond acceptors (Lipinski definition) is 2. The number of pyridine rings is 1. The lowest BCUT2D eigenvalue weighted by Crippen LogP contribution is -2.03. The Morgan fingerprint density at radius 1 is 1.54 bits per heavy atom. The van der Waals surface area contributed by atoms with Gasteiger partial charge in [0.1, 0.15) is 0 Å². The zero-order valence-corrected chi connectivity index (χ0v) is 7.98. The molecule has 0 aliphatic rings. The van der Waals surface area contributed by atoms with Crippen molar-refractivity contribution in [1.29, 1.82) is 0 Å². The summed E-state index contributed by atoms with van der Waals surface area (Å²) in [4.78, 5) is 3.12. The molecule has 0 aliphatic heterocycles. The Balaban J connectivity index is 3.30. The van der Waals surface area contributed by atoms with E-state index in [9.17, 15) is 13.2 Å². The van der Waals surface area contributed by atoms with Gasteiger partial charge in [0.15, 0.2) is 0 Å². The van der Waals surface area contributed by atoms with E-state index >= 15 is 0 Å². The molecule has 0 atom stereocenters. The lowest BCUT2D eigenvalue weighted by Gasteiger charge is -2.08. The molecule has 0 amide bonds. The molecular weight excluding hydrogens is 249 g/mol. The van der Waals surface area contributed by atoms with Gasteiger partial charge in [-0.3, -0.25) is 0 Å². The second kappa shape index (κ2) is 3.95. The van der Waals surface area contributed by atoms with Crippen LogP contribution in [0.4, 0.5) is 18.9 Å². The van der Waals surface area contributed by atoms with Crippen molar-refractivity contribution >= 4 is 21.6 Å². The highest BCUT2D eigenvalue weighted by Crippen LogP contribution is 2.28. The maximum atomic E-state index is 12.7. The minimum absolute atomic E-state index is 0.0579. The molecule has 6 heteroatoms. The number of nitrogen functional groups attached to an aromatic ring is 1. The molecule has 0 fully saturated rings. The topological polar surface area (TPSA) is 38.9 Å². The van der Waals surface area contributed by atoms with Crippen molar-refractivity contribution in [2.75, 3.05) is 5.73 Å². The number of rotatable bonds is 2. The Morgan fingerprint density at radius 2 is 2.15 bits per heavy atom. The first-order valence-electron chi connectivity index (χ1n) is 3.34. The van der Waals surface area contributed by atoms with Crippen LogP contribution in [0.5, 0.6) is 0 Å². The summed E-state index contributed by atoms with van der Waals surface area (Å²) in [5, 5.41) is 0.0813. The van der Waals surface area contributed by atoms with E-state index in [1.54, 1.807) is 0 Å². The molecule has 2 nitrogen and oxygen atoms in total. The second-order valence-corrected chi connectivity index (χ2v) is 2.89. The Hall–Kier alpha value is -0.780. The first kappa shape index (κ1) is 10.3. The van der Waals surface area contributed by atoms with Gasteiger partial charge >= 0.3 is 0 Å². The molecule has 0 aliphatic carbocycles. The molecule has 72 valence electrons. The van der Waals surface area contributed by atoms with Crippen molar-refractivity contribution in [2.24, 2.45) is 0 Å². The van der Waals surface area contributed by atoms with Gasteiger partial charge in [0.05, 0.1) is 5.69 Å². The van der Waals surface area contributed by atoms with Crippen LogP contribution in [0.25, 0.3) is 0 Å². The van der Waals surface area contributed by atoms with Gasteiger partial charge in [0.25, 0.3) is 6.43 Å². The van der Waals surface area contributed by atoms with Gasteiger partial charge < -0.3 is 5.73 Å². The molecule has 0 spiro atoms. The van der Waals surface area contributed by atoms with Crippen LogP contribution in [0.2, 0.25) is 0 Å². The van der Waals surface area contributed by atoms with Crippen LogP contribution < -0.4 is 5.73 Å². The van der Waals surface area contributed by atoms with E-state index in [0.29, 0.717) is 0 Å². The van der Waals surface area contributed by atoms with Crippen LogP contribution in [0.1, 0.15) is 17.6 Å². The lowest BCUT2D eigenvalue weighted by atomic mass is 10.1. The molecule has 0 saturated heterocycles. The molecule has 0 bridgehead atoms. The fourth-order valence-electron chi connectivity index (χ4n) is 0.891. The Labute approximate surface area is 81.1 Å². The summed E-state index contributed by atoms with van der Waals surface area (Å²) in [6, 6.07) is 0. The lowest BCUT2D eigenvalue weighted by molar-refractivity contribution is 0.150. The van der Waals surface area contributed by atoms with Crippen LogP contribution in [0.3, 0.4) is 0 Å². The normalized spacial score (nSPS) is 10.8. The van der Waals surface area contributed by atoms with Crippen molar-refractivity contribution in [2.45, 2.75) is 11.8 Å². The van der Waals surface area contributed by atoms with Gasteiger partial charge in [-0.25, -0.2) is 13.8 Å². The van der Waals surface area contributed by atoms with Crippen LogP contribution in [0.15, 0.2) is 6.20 Å². The number of nitrogens with two attached hydrogens (primary N) is 1. The Morgan fingerprint density at radius 3 is 2.62 bits per heavy atom. The fraction of sp³-hybridized carbons (Fsp3) is 0.286. The van der Waals surface area contributed by atoms with E-state index in [1.165, 1.54) is 0 Å². The van der Waals surface area contributed by atoms with Crippen molar-refractivity contribution < 1.29 is 13.2 Å². The van der Waals surface area contributed by atoms with E-state index in [2.05, 4.69) is 20.9 Å². The van der Waals surface area contributed by atoms with Crippen molar-refractivity contribution in [3.05, 3.63) is 23.3 Å². The SMILES string of the molecule is Nc1c(F)ncc(C(F)F)c1CBr. The van der Waals surface area contributed by atoms with Crippen molar-refractivity contribution in [3.63, 3.8) is 0 Å². The molecule has 13 heavy (non-hydrogen) atoms. The number of anilines is 1. The van der Waals surface area contributed by atoms with Gasteiger partial charge in [0, 0.05) is 22.7 Å². The summed E-state index contributed by atoms with van der Waals surface area (Å²) >= 11 is 2.95. The van der Waals surface area contributed by atoms with Gasteiger partial charge in [0.2, 0.25) is 5.95 Å². The minimum atomic E-state index is -2.69. The third-order valence-electron chi connectivity index (χ3n) is 1.58. The van der Waals surface area contributed by atoms with E-state index in [-0.39, 0.29) is 22.1 Å². The standard InChI is InChI=1S/C7H6BrF3N2/c8-1-3-4(6(9)10)2-13-7(11)5(3)12/h2,6H,1,12H2. The Kier molecular flexibility index (Phi) is 3.13. The second-order valence-electron chi connectivity index (χ2n) is 2.33. The van der Waals surface area contributed by atoms with E-state index in [4.69, 9.17) is 5.73 Å². The molecule has 0 saturated carbocycles. The summed E-state index contributed by atoms with van der Waals surface area (Å²) in [5.41, 5.74) is 4.63. The molecule has 1 heterocycles. The number of hydrogen-bond donors (Lipinski definition) is 1. The summed E-state index contributed by atoms with van der Waals surface area (Å²) in [6.07, 6.45) is -1.89. The monoisotopic (exact) mass is 254 g/mol.